The molecule has 0 aliphatic heterocycles. The number of carbonyl (C=O) groups is 1. The first-order valence-corrected chi connectivity index (χ1v) is 3.02. The van der Waals surface area contributed by atoms with Crippen LogP contribution in [0.4, 0.5) is 0 Å². The summed E-state index contributed by atoms with van der Waals surface area (Å²) < 4.78 is 9.30. The number of rotatable bonds is 3. The van der Waals surface area contributed by atoms with E-state index in [9.17, 15) is 4.79 Å². The van der Waals surface area contributed by atoms with Crippen LogP contribution in [0.3, 0.4) is 0 Å². The van der Waals surface area contributed by atoms with Crippen LogP contribution in [0.1, 0.15) is 10.6 Å². The molecule has 0 aromatic carbocycles. The van der Waals surface area contributed by atoms with Gasteiger partial charge in [-0.15, -0.1) is 0 Å². The van der Waals surface area contributed by atoms with Crippen LogP contribution in [0, 0.1) is 0 Å². The van der Waals surface area contributed by atoms with Crippen LogP contribution in [-0.2, 0) is 4.65 Å². The van der Waals surface area contributed by atoms with Gasteiger partial charge in [-0.2, -0.15) is 0 Å². The molecular weight excluding hydrogens is 147 g/mol. The molecule has 0 fully saturated rings. The molecule has 4 nitrogen and oxygen atoms in total. The lowest BCUT2D eigenvalue weighted by Gasteiger charge is -1.95. The maximum atomic E-state index is 10.1. The zero-order valence-corrected chi connectivity index (χ0v) is 5.98. The average Bonchev–Trinajstić information content (AvgIpc) is 2.50. The minimum atomic E-state index is -1.02. The summed E-state index contributed by atoms with van der Waals surface area (Å²) in [5.74, 6) is 0.177. The number of hydrogen-bond acceptors (Lipinski definition) is 4. The van der Waals surface area contributed by atoms with Crippen molar-refractivity contribution in [3.8, 4) is 0 Å². The van der Waals surface area contributed by atoms with E-state index in [1.165, 1.54) is 19.4 Å². The average molecular weight is 154 g/mol. The van der Waals surface area contributed by atoms with Gasteiger partial charge < -0.3 is 14.1 Å². The molecule has 0 amide bonds. The van der Waals surface area contributed by atoms with Gasteiger partial charge in [0.25, 0.3) is 0 Å². The first-order chi connectivity index (χ1) is 5.27. The fourth-order valence-corrected chi connectivity index (χ4v) is 0.696. The van der Waals surface area contributed by atoms with E-state index in [1.807, 2.05) is 0 Å². The minimum Gasteiger partial charge on any atom is -0.462 e. The fourth-order valence-electron chi connectivity index (χ4n) is 0.696. The van der Waals surface area contributed by atoms with Crippen molar-refractivity contribution < 1.29 is 18.9 Å². The molecule has 0 aliphatic carbocycles. The first-order valence-electron chi connectivity index (χ1n) is 3.02. The monoisotopic (exact) mass is 154 g/mol. The molecule has 0 spiro atoms. The predicted molar refractivity (Wildman–Crippen MR) is 38.7 cm³/mol. The third-order valence-electron chi connectivity index (χ3n) is 1.26. The highest BCUT2D eigenvalue weighted by molar-refractivity contribution is 6.59. The van der Waals surface area contributed by atoms with Gasteiger partial charge in [0.1, 0.15) is 0 Å². The Bertz CT molecular complexity index is 244. The highest BCUT2D eigenvalue weighted by atomic mass is 16.5. The van der Waals surface area contributed by atoms with E-state index >= 15 is 0 Å². The maximum absolute atomic E-state index is 10.1. The Morgan fingerprint density at radius 1 is 1.82 bits per heavy atom. The summed E-state index contributed by atoms with van der Waals surface area (Å²) in [6, 6.07) is 1.42. The second kappa shape index (κ2) is 3.36. The Labute approximate surface area is 63.9 Å². The summed E-state index contributed by atoms with van der Waals surface area (Å²) in [5.41, 5.74) is 0.439. The Balaban J connectivity index is 2.79. The highest BCUT2D eigenvalue weighted by Gasteiger charge is 2.16. The second-order valence-corrected chi connectivity index (χ2v) is 1.99. The zero-order valence-electron chi connectivity index (χ0n) is 5.98. The lowest BCUT2D eigenvalue weighted by molar-refractivity contribution is 0.110. The van der Waals surface area contributed by atoms with Crippen LogP contribution in [0.25, 0.3) is 0 Å². The standard InChI is InChI=1S/C6H7BO4/c1-10-7(9)5-2-6(3-8)11-4-5/h2-4,9H,1H3. The fraction of sp³-hybridized carbons (Fsp3) is 0.167. The van der Waals surface area contributed by atoms with Gasteiger partial charge in [-0.3, -0.25) is 4.79 Å². The van der Waals surface area contributed by atoms with Gasteiger partial charge in [0, 0.05) is 12.6 Å². The van der Waals surface area contributed by atoms with Gasteiger partial charge in [-0.25, -0.2) is 0 Å². The topological polar surface area (TPSA) is 59.7 Å². The van der Waals surface area contributed by atoms with Crippen LogP contribution < -0.4 is 5.46 Å². The molecule has 0 atom stereocenters. The molecule has 1 heterocycles. The predicted octanol–water partition coefficient (Wildman–Crippen LogP) is -0.574. The van der Waals surface area contributed by atoms with Crippen molar-refractivity contribution in [2.24, 2.45) is 0 Å². The van der Waals surface area contributed by atoms with Crippen LogP contribution in [-0.4, -0.2) is 25.5 Å². The summed E-state index contributed by atoms with van der Waals surface area (Å²) in [4.78, 5) is 10.1. The Morgan fingerprint density at radius 2 is 2.55 bits per heavy atom. The number of furan rings is 1. The molecule has 0 aliphatic rings. The Kier molecular flexibility index (Phi) is 2.46. The zero-order chi connectivity index (χ0) is 8.27. The molecule has 0 saturated carbocycles. The Hall–Kier alpha value is -1.07. The van der Waals surface area contributed by atoms with Gasteiger partial charge in [-0.05, 0) is 6.07 Å². The lowest BCUT2D eigenvalue weighted by Crippen LogP contribution is -2.30. The minimum absolute atomic E-state index is 0.177. The largest absolute Gasteiger partial charge is 0.494 e. The molecule has 58 valence electrons. The van der Waals surface area contributed by atoms with E-state index in [0.717, 1.165) is 0 Å². The van der Waals surface area contributed by atoms with E-state index < -0.39 is 7.12 Å². The van der Waals surface area contributed by atoms with Gasteiger partial charge in [0.05, 0.1) is 6.26 Å². The molecule has 0 unspecified atom stereocenters. The van der Waals surface area contributed by atoms with E-state index in [0.29, 0.717) is 11.7 Å². The van der Waals surface area contributed by atoms with Crippen LogP contribution in [0.2, 0.25) is 0 Å². The van der Waals surface area contributed by atoms with Crippen molar-refractivity contribution in [3.05, 3.63) is 18.1 Å². The maximum Gasteiger partial charge on any atom is 0.494 e. The number of carbonyl (C=O) groups excluding carboxylic acids is 1. The van der Waals surface area contributed by atoms with Gasteiger partial charge >= 0.3 is 7.12 Å². The molecule has 0 radical (unpaired) electrons. The molecule has 5 heteroatoms. The number of aldehydes is 1. The van der Waals surface area contributed by atoms with Gasteiger partial charge in [0.15, 0.2) is 12.0 Å². The van der Waals surface area contributed by atoms with Crippen molar-refractivity contribution in [3.63, 3.8) is 0 Å². The molecule has 1 rings (SSSR count). The van der Waals surface area contributed by atoms with Gasteiger partial charge in [-0.1, -0.05) is 0 Å². The first kappa shape index (κ1) is 8.04. The van der Waals surface area contributed by atoms with Gasteiger partial charge in [0.2, 0.25) is 0 Å². The summed E-state index contributed by atoms with van der Waals surface area (Å²) in [6.07, 6.45) is 1.84. The van der Waals surface area contributed by atoms with E-state index in [1.54, 1.807) is 0 Å². The Morgan fingerprint density at radius 3 is 3.00 bits per heavy atom. The summed E-state index contributed by atoms with van der Waals surface area (Å²) in [6.45, 7) is 0. The normalized spacial score (nSPS) is 9.64. The lowest BCUT2D eigenvalue weighted by atomic mass is 9.82. The second-order valence-electron chi connectivity index (χ2n) is 1.99. The van der Waals surface area contributed by atoms with Crippen molar-refractivity contribution in [1.29, 1.82) is 0 Å². The number of hydrogen-bond donors (Lipinski definition) is 1. The van der Waals surface area contributed by atoms with Crippen LogP contribution in [0.5, 0.6) is 0 Å². The van der Waals surface area contributed by atoms with Crippen molar-refractivity contribution >= 4 is 18.9 Å². The van der Waals surface area contributed by atoms with E-state index in [4.69, 9.17) is 9.44 Å². The molecule has 1 N–H and O–H groups in total. The van der Waals surface area contributed by atoms with Crippen molar-refractivity contribution in [1.82, 2.24) is 0 Å². The third kappa shape index (κ3) is 1.69. The highest BCUT2D eigenvalue weighted by Crippen LogP contribution is 1.94. The molecule has 0 bridgehead atoms. The molecule has 1 aromatic heterocycles. The molecular formula is C6H7BO4. The summed E-state index contributed by atoms with van der Waals surface area (Å²) in [5, 5.41) is 9.04. The van der Waals surface area contributed by atoms with E-state index in [-0.39, 0.29) is 5.76 Å². The van der Waals surface area contributed by atoms with Crippen molar-refractivity contribution in [2.75, 3.05) is 7.11 Å². The SMILES string of the molecule is COB(O)c1coc(C=O)c1. The van der Waals surface area contributed by atoms with E-state index in [2.05, 4.69) is 4.65 Å². The molecule has 0 saturated heterocycles. The van der Waals surface area contributed by atoms with Crippen molar-refractivity contribution in [2.45, 2.75) is 0 Å². The molecule has 11 heavy (non-hydrogen) atoms. The summed E-state index contributed by atoms with van der Waals surface area (Å²) >= 11 is 0. The van der Waals surface area contributed by atoms with Crippen LogP contribution in [0.15, 0.2) is 16.7 Å². The summed E-state index contributed by atoms with van der Waals surface area (Å²) in [7, 11) is 0.338. The quantitative estimate of drug-likeness (QED) is 0.467. The smallest absolute Gasteiger partial charge is 0.462 e. The molecule has 1 aromatic rings. The van der Waals surface area contributed by atoms with Crippen LogP contribution >= 0.6 is 0 Å². The third-order valence-corrected chi connectivity index (χ3v) is 1.26.